The van der Waals surface area contributed by atoms with Gasteiger partial charge in [0.2, 0.25) is 0 Å². The van der Waals surface area contributed by atoms with Gasteiger partial charge >= 0.3 is 0 Å². The molecule has 0 radical (unpaired) electrons. The van der Waals surface area contributed by atoms with Gasteiger partial charge in [-0.15, -0.1) is 0 Å². The molecule has 0 unspecified atom stereocenters. The first-order valence-corrected chi connectivity index (χ1v) is 6.24. The number of nitrogens with zero attached hydrogens (tertiary/aromatic N) is 2. The Balaban J connectivity index is 1.85. The monoisotopic (exact) mass is 246 g/mol. The number of aromatic nitrogens is 2. The van der Waals surface area contributed by atoms with E-state index in [0.29, 0.717) is 10.9 Å². The summed E-state index contributed by atoms with van der Waals surface area (Å²) in [4.78, 5) is 23.3. The van der Waals surface area contributed by atoms with E-state index in [4.69, 9.17) is 0 Å². The zero-order valence-corrected chi connectivity index (χ0v) is 9.75. The molecule has 17 heavy (non-hydrogen) atoms. The molecular formula is C11H10N4OS. The Morgan fingerprint density at radius 2 is 2.47 bits per heavy atom. The predicted octanol–water partition coefficient (Wildman–Crippen LogP) is 1.40. The molecule has 0 bridgehead atoms. The number of H-pyrrole nitrogens is 1. The van der Waals surface area contributed by atoms with Crippen LogP contribution >= 0.6 is 11.8 Å². The third-order valence-electron chi connectivity index (χ3n) is 2.44. The van der Waals surface area contributed by atoms with Crippen molar-refractivity contribution in [3.63, 3.8) is 0 Å². The van der Waals surface area contributed by atoms with Crippen LogP contribution in [0.3, 0.4) is 0 Å². The second-order valence-electron chi connectivity index (χ2n) is 3.61. The molecule has 1 aliphatic heterocycles. The zero-order valence-electron chi connectivity index (χ0n) is 8.93. The topological polar surface area (TPSA) is 70.1 Å². The van der Waals surface area contributed by atoms with Crippen LogP contribution in [0.1, 0.15) is 10.5 Å². The van der Waals surface area contributed by atoms with E-state index >= 15 is 0 Å². The molecule has 2 aromatic rings. The summed E-state index contributed by atoms with van der Waals surface area (Å²) in [6.45, 7) is 0.772. The molecule has 1 aliphatic rings. The normalized spacial score (nSPS) is 14.9. The number of fused-ring (bicyclic) bond motifs is 1. The second-order valence-corrected chi connectivity index (χ2v) is 4.69. The van der Waals surface area contributed by atoms with Crippen molar-refractivity contribution < 1.29 is 4.79 Å². The van der Waals surface area contributed by atoms with Gasteiger partial charge < -0.3 is 10.3 Å². The summed E-state index contributed by atoms with van der Waals surface area (Å²) >= 11 is 1.56. The highest BCUT2D eigenvalue weighted by molar-refractivity contribution is 8.14. The Hall–Kier alpha value is -1.82. The number of amides is 1. The van der Waals surface area contributed by atoms with Crippen LogP contribution in [0.25, 0.3) is 11.0 Å². The molecular weight excluding hydrogens is 236 g/mol. The number of amidine groups is 1. The molecule has 0 saturated carbocycles. The molecule has 0 fully saturated rings. The summed E-state index contributed by atoms with van der Waals surface area (Å²) in [5, 5.41) is 3.47. The molecule has 0 spiro atoms. The van der Waals surface area contributed by atoms with Crippen molar-refractivity contribution in [3.8, 4) is 0 Å². The fourth-order valence-corrected chi connectivity index (χ4v) is 2.38. The minimum Gasteiger partial charge on any atom is -0.349 e. The van der Waals surface area contributed by atoms with Gasteiger partial charge in [-0.05, 0) is 18.2 Å². The highest BCUT2D eigenvalue weighted by Gasteiger charge is 2.14. The van der Waals surface area contributed by atoms with Gasteiger partial charge in [-0.1, -0.05) is 11.8 Å². The summed E-state index contributed by atoms with van der Waals surface area (Å²) in [7, 11) is 0. The van der Waals surface area contributed by atoms with Crippen molar-refractivity contribution in [2.24, 2.45) is 4.99 Å². The van der Waals surface area contributed by atoms with Crippen LogP contribution in [0, 0.1) is 0 Å². The first kappa shape index (κ1) is 10.3. The van der Waals surface area contributed by atoms with E-state index < -0.39 is 0 Å². The fourth-order valence-electron chi connectivity index (χ4n) is 1.65. The van der Waals surface area contributed by atoms with Gasteiger partial charge in [-0.2, -0.15) is 0 Å². The molecule has 3 heterocycles. The Morgan fingerprint density at radius 3 is 3.24 bits per heavy atom. The predicted molar refractivity (Wildman–Crippen MR) is 68.3 cm³/mol. The van der Waals surface area contributed by atoms with Gasteiger partial charge in [0.15, 0.2) is 5.17 Å². The highest BCUT2D eigenvalue weighted by atomic mass is 32.2. The molecule has 0 saturated heterocycles. The number of pyridine rings is 1. The average molecular weight is 246 g/mol. The zero-order chi connectivity index (χ0) is 11.7. The number of nitrogens with one attached hydrogen (secondary N) is 2. The minimum atomic E-state index is -0.170. The molecule has 0 aliphatic carbocycles. The largest absolute Gasteiger partial charge is 0.349 e. The third kappa shape index (κ3) is 2.03. The number of aromatic amines is 1. The van der Waals surface area contributed by atoms with Gasteiger partial charge in [0.25, 0.3) is 5.91 Å². The van der Waals surface area contributed by atoms with Crippen LogP contribution in [0.5, 0.6) is 0 Å². The molecule has 6 heteroatoms. The van der Waals surface area contributed by atoms with Crippen LogP contribution < -0.4 is 5.32 Å². The van der Waals surface area contributed by atoms with E-state index in [2.05, 4.69) is 20.3 Å². The number of aliphatic imine (C=N–C) groups is 1. The lowest BCUT2D eigenvalue weighted by atomic mass is 10.3. The van der Waals surface area contributed by atoms with Crippen LogP contribution in [0.2, 0.25) is 0 Å². The van der Waals surface area contributed by atoms with E-state index in [-0.39, 0.29) is 5.91 Å². The summed E-state index contributed by atoms with van der Waals surface area (Å²) in [6.07, 6.45) is 1.70. The maximum atomic E-state index is 11.9. The van der Waals surface area contributed by atoms with Gasteiger partial charge in [-0.3, -0.25) is 14.8 Å². The first-order chi connectivity index (χ1) is 8.33. The van der Waals surface area contributed by atoms with Crippen LogP contribution in [-0.4, -0.2) is 33.3 Å². The Kier molecular flexibility index (Phi) is 2.56. The summed E-state index contributed by atoms with van der Waals surface area (Å²) in [6, 6.07) is 5.46. The smallest absolute Gasteiger partial charge is 0.273 e. The van der Waals surface area contributed by atoms with Crippen molar-refractivity contribution in [2.75, 3.05) is 12.3 Å². The number of rotatable bonds is 1. The van der Waals surface area contributed by atoms with Crippen molar-refractivity contribution in [3.05, 3.63) is 30.1 Å². The number of hydrogen-bond donors (Lipinski definition) is 2. The average Bonchev–Trinajstić information content (AvgIpc) is 2.96. The van der Waals surface area contributed by atoms with Crippen molar-refractivity contribution in [2.45, 2.75) is 0 Å². The van der Waals surface area contributed by atoms with Crippen molar-refractivity contribution in [1.82, 2.24) is 15.3 Å². The van der Waals surface area contributed by atoms with Gasteiger partial charge in [0.05, 0.1) is 17.6 Å². The lowest BCUT2D eigenvalue weighted by Crippen LogP contribution is -2.27. The summed E-state index contributed by atoms with van der Waals surface area (Å²) < 4.78 is 0. The van der Waals surface area contributed by atoms with E-state index in [9.17, 15) is 4.79 Å². The molecule has 0 atom stereocenters. The standard InChI is InChI=1S/C11H10N4OS/c16-10(15-11-13-4-5-17-11)9-6-8-7(14-9)2-1-3-12-8/h1-3,6,14H,4-5H2,(H,13,15,16). The molecule has 5 nitrogen and oxygen atoms in total. The van der Waals surface area contributed by atoms with Crippen molar-refractivity contribution >= 4 is 33.9 Å². The molecule has 86 valence electrons. The van der Waals surface area contributed by atoms with E-state index in [0.717, 1.165) is 23.3 Å². The van der Waals surface area contributed by atoms with Crippen LogP contribution in [0.15, 0.2) is 29.4 Å². The minimum absolute atomic E-state index is 0.170. The van der Waals surface area contributed by atoms with Crippen LogP contribution in [0.4, 0.5) is 0 Å². The van der Waals surface area contributed by atoms with Gasteiger partial charge in [0.1, 0.15) is 5.69 Å². The Bertz CT molecular complexity index is 571. The van der Waals surface area contributed by atoms with Gasteiger partial charge in [-0.25, -0.2) is 0 Å². The maximum absolute atomic E-state index is 11.9. The molecule has 2 N–H and O–H groups in total. The first-order valence-electron chi connectivity index (χ1n) is 5.25. The molecule has 1 amide bonds. The maximum Gasteiger partial charge on any atom is 0.273 e. The van der Waals surface area contributed by atoms with Crippen LogP contribution in [-0.2, 0) is 0 Å². The lowest BCUT2D eigenvalue weighted by Gasteiger charge is -2.00. The Morgan fingerprint density at radius 1 is 1.53 bits per heavy atom. The van der Waals surface area contributed by atoms with Gasteiger partial charge in [0, 0.05) is 11.9 Å². The van der Waals surface area contributed by atoms with E-state index in [1.807, 2.05) is 12.1 Å². The SMILES string of the molecule is O=C(NC1=NCCS1)c1cc2ncccc2[nH]1. The molecule has 0 aromatic carbocycles. The van der Waals surface area contributed by atoms with E-state index in [1.54, 1.807) is 24.0 Å². The molecule has 2 aromatic heterocycles. The third-order valence-corrected chi connectivity index (χ3v) is 3.33. The highest BCUT2D eigenvalue weighted by Crippen LogP contribution is 2.13. The second kappa shape index (κ2) is 4.21. The summed E-state index contributed by atoms with van der Waals surface area (Å²) in [5.74, 6) is 0.764. The van der Waals surface area contributed by atoms with E-state index in [1.165, 1.54) is 0 Å². The number of thioether (sulfide) groups is 1. The summed E-state index contributed by atoms with van der Waals surface area (Å²) in [5.41, 5.74) is 2.16. The van der Waals surface area contributed by atoms with Crippen molar-refractivity contribution in [1.29, 1.82) is 0 Å². The number of carbonyl (C=O) groups excluding carboxylic acids is 1. The Labute approximate surface area is 102 Å². The number of carbonyl (C=O) groups is 1. The lowest BCUT2D eigenvalue weighted by molar-refractivity contribution is 0.0974. The molecule has 3 rings (SSSR count). The quantitative estimate of drug-likeness (QED) is 0.799. The fraction of sp³-hybridized carbons (Fsp3) is 0.182. The number of hydrogen-bond acceptors (Lipinski definition) is 4.